The standard InChI is InChI=1S/C15H16F3NO2/c1-11(2)6-7-14(20)19-9-8-12-4-3-5-13(10-12)21-15(16,17)18/h3-5,7,10H,8-9H2,1-2H3,(H,19,20). The van der Waals surface area contributed by atoms with E-state index in [-0.39, 0.29) is 11.7 Å². The van der Waals surface area contributed by atoms with Crippen molar-refractivity contribution in [3.63, 3.8) is 0 Å². The van der Waals surface area contributed by atoms with Gasteiger partial charge in [0.2, 0.25) is 0 Å². The Morgan fingerprint density at radius 1 is 1.38 bits per heavy atom. The molecule has 0 aliphatic carbocycles. The van der Waals surface area contributed by atoms with Crippen LogP contribution < -0.4 is 10.1 Å². The van der Waals surface area contributed by atoms with E-state index in [2.05, 4.69) is 15.8 Å². The highest BCUT2D eigenvalue weighted by Crippen LogP contribution is 2.23. The number of nitrogens with one attached hydrogen (secondary N) is 1. The molecule has 0 spiro atoms. The first-order valence-corrected chi connectivity index (χ1v) is 6.29. The van der Waals surface area contributed by atoms with Gasteiger partial charge in [-0.1, -0.05) is 12.1 Å². The largest absolute Gasteiger partial charge is 0.573 e. The fourth-order valence-corrected chi connectivity index (χ4v) is 1.49. The second-order valence-corrected chi connectivity index (χ2v) is 4.52. The molecule has 0 saturated carbocycles. The van der Waals surface area contributed by atoms with Crippen LogP contribution in [0, 0.1) is 0 Å². The summed E-state index contributed by atoms with van der Waals surface area (Å²) in [5, 5.41) is 2.62. The lowest BCUT2D eigenvalue weighted by atomic mass is 10.1. The Hall–Kier alpha value is -2.20. The van der Waals surface area contributed by atoms with Gasteiger partial charge in [-0.2, -0.15) is 0 Å². The Morgan fingerprint density at radius 3 is 2.71 bits per heavy atom. The predicted octanol–water partition coefficient (Wildman–Crippen LogP) is 3.37. The number of carbonyl (C=O) groups excluding carboxylic acids is 1. The molecule has 0 aromatic heterocycles. The van der Waals surface area contributed by atoms with Crippen LogP contribution in [0.5, 0.6) is 5.75 Å². The van der Waals surface area contributed by atoms with E-state index in [0.29, 0.717) is 18.5 Å². The lowest BCUT2D eigenvalue weighted by molar-refractivity contribution is -0.274. The second kappa shape index (κ2) is 7.55. The minimum atomic E-state index is -4.71. The number of rotatable bonds is 5. The monoisotopic (exact) mass is 299 g/mol. The second-order valence-electron chi connectivity index (χ2n) is 4.52. The van der Waals surface area contributed by atoms with E-state index in [1.165, 1.54) is 24.3 Å². The molecule has 0 saturated heterocycles. The van der Waals surface area contributed by atoms with Crippen LogP contribution in [0.25, 0.3) is 0 Å². The van der Waals surface area contributed by atoms with Gasteiger partial charge in [0.25, 0.3) is 5.91 Å². The van der Waals surface area contributed by atoms with Crippen molar-refractivity contribution >= 4 is 5.91 Å². The van der Waals surface area contributed by atoms with E-state index in [1.807, 2.05) is 13.8 Å². The molecule has 21 heavy (non-hydrogen) atoms. The third-order valence-electron chi connectivity index (χ3n) is 2.34. The van der Waals surface area contributed by atoms with E-state index in [0.717, 1.165) is 5.57 Å². The van der Waals surface area contributed by atoms with Gasteiger partial charge in [0.15, 0.2) is 0 Å². The van der Waals surface area contributed by atoms with Crippen molar-refractivity contribution in [1.29, 1.82) is 0 Å². The average Bonchev–Trinajstić information content (AvgIpc) is 2.35. The molecule has 1 aromatic carbocycles. The van der Waals surface area contributed by atoms with Crippen molar-refractivity contribution < 1.29 is 22.7 Å². The van der Waals surface area contributed by atoms with Gasteiger partial charge in [0.1, 0.15) is 5.75 Å². The van der Waals surface area contributed by atoms with Gasteiger partial charge in [-0.25, -0.2) is 0 Å². The summed E-state index contributed by atoms with van der Waals surface area (Å²) in [6, 6.07) is 5.67. The van der Waals surface area contributed by atoms with Crippen molar-refractivity contribution in [2.24, 2.45) is 0 Å². The fraction of sp³-hybridized carbons (Fsp3) is 0.333. The summed E-state index contributed by atoms with van der Waals surface area (Å²) in [4.78, 5) is 11.4. The molecule has 1 rings (SSSR count). The zero-order valence-corrected chi connectivity index (χ0v) is 11.8. The van der Waals surface area contributed by atoms with Crippen molar-refractivity contribution in [3.05, 3.63) is 47.2 Å². The third kappa shape index (κ3) is 7.84. The van der Waals surface area contributed by atoms with Gasteiger partial charge >= 0.3 is 6.36 Å². The van der Waals surface area contributed by atoms with E-state index in [4.69, 9.17) is 0 Å². The number of amides is 1. The SMILES string of the molecule is CC(C)=C=CC(=O)NCCc1cccc(OC(F)(F)F)c1. The molecule has 0 atom stereocenters. The molecule has 0 aliphatic rings. The highest BCUT2D eigenvalue weighted by Gasteiger charge is 2.31. The molecular weight excluding hydrogens is 283 g/mol. The van der Waals surface area contributed by atoms with E-state index < -0.39 is 6.36 Å². The van der Waals surface area contributed by atoms with Gasteiger partial charge in [0, 0.05) is 12.6 Å². The van der Waals surface area contributed by atoms with Crippen molar-refractivity contribution in [3.8, 4) is 5.75 Å². The predicted molar refractivity (Wildman–Crippen MR) is 72.8 cm³/mol. The number of alkyl halides is 3. The maximum absolute atomic E-state index is 12.1. The summed E-state index contributed by atoms with van der Waals surface area (Å²) >= 11 is 0. The van der Waals surface area contributed by atoms with Gasteiger partial charge in [-0.05, 0) is 43.5 Å². The fourth-order valence-electron chi connectivity index (χ4n) is 1.49. The lowest BCUT2D eigenvalue weighted by Gasteiger charge is -2.10. The molecule has 6 heteroatoms. The first kappa shape index (κ1) is 16.9. The minimum Gasteiger partial charge on any atom is -0.406 e. The van der Waals surface area contributed by atoms with Crippen LogP contribution in [0.15, 0.2) is 41.6 Å². The Morgan fingerprint density at radius 2 is 2.10 bits per heavy atom. The summed E-state index contributed by atoms with van der Waals surface area (Å²) in [6.45, 7) is 3.95. The van der Waals surface area contributed by atoms with Gasteiger partial charge in [0.05, 0.1) is 0 Å². The molecule has 0 aliphatic heterocycles. The molecule has 0 unspecified atom stereocenters. The number of halogens is 3. The van der Waals surface area contributed by atoms with Crippen LogP contribution in [0.1, 0.15) is 19.4 Å². The number of ether oxygens (including phenoxy) is 1. The Labute approximate surface area is 121 Å². The number of benzene rings is 1. The lowest BCUT2D eigenvalue weighted by Crippen LogP contribution is -2.23. The van der Waals surface area contributed by atoms with Gasteiger partial charge in [-0.15, -0.1) is 18.9 Å². The smallest absolute Gasteiger partial charge is 0.406 e. The van der Waals surface area contributed by atoms with Crippen LogP contribution in [-0.4, -0.2) is 18.8 Å². The van der Waals surface area contributed by atoms with E-state index in [9.17, 15) is 18.0 Å². The molecule has 3 nitrogen and oxygen atoms in total. The Balaban J connectivity index is 2.51. The van der Waals surface area contributed by atoms with Gasteiger partial charge in [-0.3, -0.25) is 4.79 Å². The third-order valence-corrected chi connectivity index (χ3v) is 2.34. The molecule has 0 heterocycles. The summed E-state index contributed by atoms with van der Waals surface area (Å²) in [5.74, 6) is -0.561. The van der Waals surface area contributed by atoms with E-state index in [1.54, 1.807) is 6.07 Å². The molecule has 114 valence electrons. The maximum Gasteiger partial charge on any atom is 0.573 e. The van der Waals surface area contributed by atoms with Crippen LogP contribution in [0.2, 0.25) is 0 Å². The Bertz CT molecular complexity index is 554. The summed E-state index contributed by atoms with van der Waals surface area (Å²) in [7, 11) is 0. The highest BCUT2D eigenvalue weighted by atomic mass is 19.4. The zero-order chi connectivity index (χ0) is 15.9. The first-order valence-electron chi connectivity index (χ1n) is 6.29. The van der Waals surface area contributed by atoms with Gasteiger partial charge < -0.3 is 10.1 Å². The average molecular weight is 299 g/mol. The molecule has 0 fully saturated rings. The summed E-state index contributed by atoms with van der Waals surface area (Å²) in [6.07, 6.45) is -3.01. The maximum atomic E-state index is 12.1. The van der Waals surface area contributed by atoms with Crippen molar-refractivity contribution in [1.82, 2.24) is 5.32 Å². The summed E-state index contributed by atoms with van der Waals surface area (Å²) in [5.41, 5.74) is 4.28. The summed E-state index contributed by atoms with van der Waals surface area (Å²) < 4.78 is 40.1. The molecule has 0 radical (unpaired) electrons. The number of carbonyl (C=O) groups is 1. The van der Waals surface area contributed by atoms with Crippen LogP contribution in [0.3, 0.4) is 0 Å². The minimum absolute atomic E-state index is 0.268. The molecule has 1 aromatic rings. The molecule has 1 amide bonds. The van der Waals surface area contributed by atoms with Crippen LogP contribution in [-0.2, 0) is 11.2 Å². The quantitative estimate of drug-likeness (QED) is 0.669. The molecular formula is C15H16F3NO2. The first-order chi connectivity index (χ1) is 9.76. The molecule has 1 N–H and O–H groups in total. The zero-order valence-electron chi connectivity index (χ0n) is 11.8. The highest BCUT2D eigenvalue weighted by molar-refractivity contribution is 5.87. The Kier molecular flexibility index (Phi) is 6.06. The van der Waals surface area contributed by atoms with E-state index >= 15 is 0 Å². The van der Waals surface area contributed by atoms with Crippen LogP contribution >= 0.6 is 0 Å². The van der Waals surface area contributed by atoms with Crippen molar-refractivity contribution in [2.45, 2.75) is 26.6 Å². The van der Waals surface area contributed by atoms with Crippen molar-refractivity contribution in [2.75, 3.05) is 6.54 Å². The molecule has 0 bridgehead atoms. The topological polar surface area (TPSA) is 38.3 Å². The number of hydrogen-bond donors (Lipinski definition) is 1. The van der Waals surface area contributed by atoms with Crippen LogP contribution in [0.4, 0.5) is 13.2 Å². The normalized spacial score (nSPS) is 10.5. The number of hydrogen-bond acceptors (Lipinski definition) is 2.